The fraction of sp³-hybridized carbons (Fsp3) is 0.529. The second kappa shape index (κ2) is 9.90. The third-order valence-electron chi connectivity index (χ3n) is 3.28. The van der Waals surface area contributed by atoms with Crippen LogP contribution in [0.4, 0.5) is 0 Å². The van der Waals surface area contributed by atoms with Crippen LogP contribution in [-0.2, 0) is 19.7 Å². The van der Waals surface area contributed by atoms with Gasteiger partial charge in [-0.3, -0.25) is 0 Å². The zero-order valence-electron chi connectivity index (χ0n) is 13.6. The van der Waals surface area contributed by atoms with Gasteiger partial charge in [0.1, 0.15) is 0 Å². The second-order valence-electron chi connectivity index (χ2n) is 4.80. The molecule has 0 N–H and O–H groups in total. The first-order chi connectivity index (χ1) is 10.2. The van der Waals surface area contributed by atoms with Gasteiger partial charge in [0.15, 0.2) is 0 Å². The Bertz CT molecular complexity index is 414. The zero-order chi connectivity index (χ0) is 15.6. The first-order valence-electron chi connectivity index (χ1n) is 7.83. The molecule has 0 aromatic heterocycles. The molecule has 21 heavy (non-hydrogen) atoms. The number of aryl methyl sites for hydroxylation is 1. The molecule has 4 heteroatoms. The van der Waals surface area contributed by atoms with Crippen LogP contribution < -0.4 is 0 Å². The smallest absolute Gasteiger partial charge is 0.374 e. The summed E-state index contributed by atoms with van der Waals surface area (Å²) in [5.41, 5.74) is 2.47. The Kier molecular flexibility index (Phi) is 8.53. The zero-order valence-corrected chi connectivity index (χ0v) is 14.6. The van der Waals surface area contributed by atoms with Crippen molar-refractivity contribution in [2.75, 3.05) is 19.8 Å². The van der Waals surface area contributed by atoms with Gasteiger partial charge in [-0.25, -0.2) is 0 Å². The second-order valence-corrected chi connectivity index (χ2v) is 7.74. The van der Waals surface area contributed by atoms with Crippen LogP contribution in [0.5, 0.6) is 0 Å². The van der Waals surface area contributed by atoms with Gasteiger partial charge in [-0.2, -0.15) is 0 Å². The molecule has 1 rings (SSSR count). The molecule has 0 aliphatic heterocycles. The summed E-state index contributed by atoms with van der Waals surface area (Å²) in [5, 5.41) is 0. The highest BCUT2D eigenvalue weighted by Crippen LogP contribution is 2.16. The molecule has 0 fully saturated rings. The summed E-state index contributed by atoms with van der Waals surface area (Å²) in [4.78, 5) is 0. The SMILES string of the molecule is C=Cc1cccc(CCCO[Si](CC)(OCC)OCC)c1. The van der Waals surface area contributed by atoms with E-state index in [0.29, 0.717) is 19.8 Å². The van der Waals surface area contributed by atoms with Gasteiger partial charge in [-0.1, -0.05) is 43.8 Å². The molecule has 0 aliphatic carbocycles. The third kappa shape index (κ3) is 6.14. The first kappa shape index (κ1) is 18.1. The molecule has 3 nitrogen and oxygen atoms in total. The van der Waals surface area contributed by atoms with Gasteiger partial charge in [0, 0.05) is 25.9 Å². The fourth-order valence-corrected chi connectivity index (χ4v) is 4.45. The highest BCUT2D eigenvalue weighted by Gasteiger charge is 2.38. The van der Waals surface area contributed by atoms with Crippen LogP contribution in [0, 0.1) is 0 Å². The summed E-state index contributed by atoms with van der Waals surface area (Å²) in [5.74, 6) is 0. The largest absolute Gasteiger partial charge is 0.500 e. The van der Waals surface area contributed by atoms with Crippen molar-refractivity contribution in [3.8, 4) is 0 Å². The highest BCUT2D eigenvalue weighted by molar-refractivity contribution is 6.60. The van der Waals surface area contributed by atoms with Crippen LogP contribution in [0.1, 0.15) is 38.3 Å². The van der Waals surface area contributed by atoms with Crippen LogP contribution in [0.25, 0.3) is 6.08 Å². The topological polar surface area (TPSA) is 27.7 Å². The summed E-state index contributed by atoms with van der Waals surface area (Å²) in [6.45, 7) is 11.8. The molecule has 0 spiro atoms. The van der Waals surface area contributed by atoms with Crippen LogP contribution in [0.15, 0.2) is 30.8 Å². The monoisotopic (exact) mass is 308 g/mol. The Morgan fingerprint density at radius 1 is 1.10 bits per heavy atom. The van der Waals surface area contributed by atoms with Crippen molar-refractivity contribution in [2.45, 2.75) is 39.7 Å². The lowest BCUT2D eigenvalue weighted by Gasteiger charge is -2.27. The van der Waals surface area contributed by atoms with Gasteiger partial charge in [0.2, 0.25) is 0 Å². The average Bonchev–Trinajstić information content (AvgIpc) is 2.52. The molecule has 0 bridgehead atoms. The normalized spacial score (nSPS) is 11.6. The van der Waals surface area contributed by atoms with Gasteiger partial charge >= 0.3 is 8.80 Å². The van der Waals surface area contributed by atoms with Crippen molar-refractivity contribution in [3.05, 3.63) is 42.0 Å². The quantitative estimate of drug-likeness (QED) is 0.450. The van der Waals surface area contributed by atoms with Crippen LogP contribution in [-0.4, -0.2) is 28.6 Å². The molecule has 0 amide bonds. The average molecular weight is 308 g/mol. The lowest BCUT2D eigenvalue weighted by molar-refractivity contribution is 0.0674. The highest BCUT2D eigenvalue weighted by atomic mass is 28.4. The van der Waals surface area contributed by atoms with Gasteiger partial charge in [0.25, 0.3) is 0 Å². The lowest BCUT2D eigenvalue weighted by Crippen LogP contribution is -2.45. The Labute approximate surface area is 130 Å². The molecule has 0 saturated heterocycles. The molecule has 0 heterocycles. The molecule has 1 aromatic carbocycles. The molecule has 0 unspecified atom stereocenters. The Balaban J connectivity index is 2.44. The van der Waals surface area contributed by atoms with E-state index in [4.69, 9.17) is 13.3 Å². The van der Waals surface area contributed by atoms with E-state index in [-0.39, 0.29) is 0 Å². The van der Waals surface area contributed by atoms with E-state index in [1.807, 2.05) is 19.9 Å². The van der Waals surface area contributed by atoms with Crippen molar-refractivity contribution in [1.82, 2.24) is 0 Å². The lowest BCUT2D eigenvalue weighted by atomic mass is 10.1. The van der Waals surface area contributed by atoms with E-state index < -0.39 is 8.80 Å². The number of benzene rings is 1. The number of hydrogen-bond acceptors (Lipinski definition) is 3. The van der Waals surface area contributed by atoms with Gasteiger partial charge in [-0.05, 0) is 37.8 Å². The minimum atomic E-state index is -2.44. The Morgan fingerprint density at radius 2 is 1.81 bits per heavy atom. The van der Waals surface area contributed by atoms with Crippen molar-refractivity contribution < 1.29 is 13.3 Å². The van der Waals surface area contributed by atoms with E-state index in [1.165, 1.54) is 5.56 Å². The molecular weight excluding hydrogens is 280 g/mol. The van der Waals surface area contributed by atoms with Gasteiger partial charge in [-0.15, -0.1) is 0 Å². The summed E-state index contributed by atoms with van der Waals surface area (Å²) in [6.07, 6.45) is 3.84. The van der Waals surface area contributed by atoms with Gasteiger partial charge < -0.3 is 13.3 Å². The first-order valence-corrected chi connectivity index (χ1v) is 9.76. The molecule has 118 valence electrons. The van der Waals surface area contributed by atoms with Crippen LogP contribution in [0.3, 0.4) is 0 Å². The maximum absolute atomic E-state index is 6.01. The van der Waals surface area contributed by atoms with E-state index in [9.17, 15) is 0 Å². The fourth-order valence-electron chi connectivity index (χ4n) is 2.25. The molecule has 0 radical (unpaired) electrons. The van der Waals surface area contributed by atoms with Crippen LogP contribution in [0.2, 0.25) is 6.04 Å². The Morgan fingerprint density at radius 3 is 2.38 bits per heavy atom. The predicted molar refractivity (Wildman–Crippen MR) is 90.3 cm³/mol. The van der Waals surface area contributed by atoms with Crippen molar-refractivity contribution in [1.29, 1.82) is 0 Å². The maximum Gasteiger partial charge on any atom is 0.500 e. The molecular formula is C17H28O3Si. The number of hydrogen-bond donors (Lipinski definition) is 0. The van der Waals surface area contributed by atoms with Crippen LogP contribution >= 0.6 is 0 Å². The molecule has 1 aromatic rings. The van der Waals surface area contributed by atoms with Crippen molar-refractivity contribution in [3.63, 3.8) is 0 Å². The predicted octanol–water partition coefficient (Wildman–Crippen LogP) is 4.31. The van der Waals surface area contributed by atoms with E-state index >= 15 is 0 Å². The Hall–Kier alpha value is -0.943. The van der Waals surface area contributed by atoms with Crippen molar-refractivity contribution in [2.24, 2.45) is 0 Å². The van der Waals surface area contributed by atoms with E-state index in [2.05, 4.69) is 37.8 Å². The van der Waals surface area contributed by atoms with Gasteiger partial charge in [0.05, 0.1) is 0 Å². The van der Waals surface area contributed by atoms with Crippen molar-refractivity contribution >= 4 is 14.9 Å². The molecule has 0 atom stereocenters. The maximum atomic E-state index is 6.01. The van der Waals surface area contributed by atoms with E-state index in [0.717, 1.165) is 24.4 Å². The summed E-state index contributed by atoms with van der Waals surface area (Å²) in [6, 6.07) is 9.26. The minimum Gasteiger partial charge on any atom is -0.374 e. The molecule has 0 saturated carbocycles. The van der Waals surface area contributed by atoms with E-state index in [1.54, 1.807) is 0 Å². The minimum absolute atomic E-state index is 0.640. The third-order valence-corrected chi connectivity index (χ3v) is 6.25. The summed E-state index contributed by atoms with van der Waals surface area (Å²) >= 11 is 0. The summed E-state index contributed by atoms with van der Waals surface area (Å²) < 4.78 is 17.6. The summed E-state index contributed by atoms with van der Waals surface area (Å²) in [7, 11) is -2.44. The standard InChI is InChI=1S/C17H28O3Si/c1-5-16-11-9-12-17(15-16)13-10-14-20-21(8-4,18-6-2)19-7-3/h5,9,11-12,15H,1,6-8,10,13-14H2,2-4H3. The molecule has 0 aliphatic rings. The number of rotatable bonds is 11.